The Morgan fingerprint density at radius 3 is 2.83 bits per heavy atom. The molecule has 0 radical (unpaired) electrons. The summed E-state index contributed by atoms with van der Waals surface area (Å²) in [7, 11) is 0. The molecule has 1 amide bonds. The summed E-state index contributed by atoms with van der Waals surface area (Å²) < 4.78 is 11.8. The lowest BCUT2D eigenvalue weighted by Gasteiger charge is -2.33. The number of carboxylic acids is 1. The molecule has 23 heavy (non-hydrogen) atoms. The maximum absolute atomic E-state index is 12.5. The van der Waals surface area contributed by atoms with E-state index in [-0.39, 0.29) is 13.2 Å². The number of anilines is 1. The van der Waals surface area contributed by atoms with Gasteiger partial charge in [-0.15, -0.1) is 0 Å². The van der Waals surface area contributed by atoms with Crippen molar-refractivity contribution in [3.63, 3.8) is 0 Å². The van der Waals surface area contributed by atoms with Crippen molar-refractivity contribution in [2.24, 2.45) is 0 Å². The summed E-state index contributed by atoms with van der Waals surface area (Å²) in [6, 6.07) is 2.09. The van der Waals surface area contributed by atoms with Gasteiger partial charge in [0.1, 0.15) is 0 Å². The van der Waals surface area contributed by atoms with E-state index in [1.807, 2.05) is 0 Å². The summed E-state index contributed by atoms with van der Waals surface area (Å²) in [5.41, 5.74) is 0. The molecule has 2 aliphatic rings. The van der Waals surface area contributed by atoms with Crippen LogP contribution < -0.4 is 4.90 Å². The number of carbonyl (C=O) groups is 3. The smallest absolute Gasteiger partial charge is 0.348 e. The minimum absolute atomic E-state index is 0.137. The van der Waals surface area contributed by atoms with Crippen LogP contribution in [0.2, 0.25) is 0 Å². The van der Waals surface area contributed by atoms with E-state index in [1.54, 1.807) is 16.9 Å². The number of hydrogen-bond acceptors (Lipinski definition) is 6. The van der Waals surface area contributed by atoms with Crippen molar-refractivity contribution in [1.82, 2.24) is 9.78 Å². The third kappa shape index (κ3) is 3.19. The lowest BCUT2D eigenvalue weighted by molar-refractivity contribution is -0.177. The quantitative estimate of drug-likeness (QED) is 0.757. The molecule has 124 valence electrons. The molecular formula is C14H17N3O6. The molecular weight excluding hydrogens is 306 g/mol. The monoisotopic (exact) mass is 323 g/mol. The predicted octanol–water partition coefficient (Wildman–Crippen LogP) is -0.0339. The Hall–Kier alpha value is -2.42. The minimum atomic E-state index is -1.67. The van der Waals surface area contributed by atoms with Crippen LogP contribution in [0.5, 0.6) is 0 Å². The number of amides is 1. The van der Waals surface area contributed by atoms with E-state index in [2.05, 4.69) is 5.10 Å². The molecule has 3 rings (SSSR count). The second-order valence-corrected chi connectivity index (χ2v) is 5.53. The van der Waals surface area contributed by atoms with Gasteiger partial charge in [0, 0.05) is 19.2 Å². The Bertz CT molecular complexity index is 638. The van der Waals surface area contributed by atoms with Crippen LogP contribution >= 0.6 is 0 Å². The predicted molar refractivity (Wildman–Crippen MR) is 75.8 cm³/mol. The topological polar surface area (TPSA) is 111 Å². The van der Waals surface area contributed by atoms with Crippen LogP contribution in [0.25, 0.3) is 0 Å². The van der Waals surface area contributed by atoms with Crippen molar-refractivity contribution in [1.29, 1.82) is 0 Å². The number of morpholine rings is 1. The number of carbonyl (C=O) groups excluding carboxylic acids is 2. The van der Waals surface area contributed by atoms with Crippen molar-refractivity contribution in [3.8, 4) is 0 Å². The Balaban J connectivity index is 1.78. The summed E-state index contributed by atoms with van der Waals surface area (Å²) in [5.74, 6) is -2.35. The van der Waals surface area contributed by atoms with Crippen LogP contribution in [-0.2, 0) is 23.9 Å². The summed E-state index contributed by atoms with van der Waals surface area (Å²) in [6.07, 6.45) is 0.873. The Labute approximate surface area is 131 Å². The van der Waals surface area contributed by atoms with Crippen LogP contribution in [0.1, 0.15) is 25.8 Å². The number of aromatic nitrogens is 2. The second-order valence-electron chi connectivity index (χ2n) is 5.53. The molecule has 1 aliphatic carbocycles. The van der Waals surface area contributed by atoms with Crippen LogP contribution in [-0.4, -0.2) is 58.1 Å². The van der Waals surface area contributed by atoms with Gasteiger partial charge in [-0.05, 0) is 12.8 Å². The molecule has 9 nitrogen and oxygen atoms in total. The van der Waals surface area contributed by atoms with Gasteiger partial charge in [-0.25, -0.2) is 4.79 Å². The van der Waals surface area contributed by atoms with Gasteiger partial charge in [-0.1, -0.05) is 0 Å². The van der Waals surface area contributed by atoms with Crippen molar-refractivity contribution in [2.45, 2.75) is 38.0 Å². The molecule has 0 aromatic carbocycles. The summed E-state index contributed by atoms with van der Waals surface area (Å²) in [6.45, 7) is 1.49. The molecule has 9 heteroatoms. The molecule has 2 heterocycles. The van der Waals surface area contributed by atoms with Crippen molar-refractivity contribution >= 4 is 23.7 Å². The third-order valence-electron chi connectivity index (χ3n) is 3.72. The van der Waals surface area contributed by atoms with E-state index < -0.39 is 30.1 Å². The molecule has 1 unspecified atom stereocenters. The number of hydrogen-bond donors (Lipinski definition) is 1. The maximum atomic E-state index is 12.5. The second kappa shape index (κ2) is 5.99. The van der Waals surface area contributed by atoms with E-state index in [9.17, 15) is 19.5 Å². The Morgan fingerprint density at radius 1 is 1.48 bits per heavy atom. The molecule has 1 N–H and O–H groups in total. The molecule has 1 aromatic rings. The van der Waals surface area contributed by atoms with Gasteiger partial charge in [0.2, 0.25) is 6.10 Å². The minimum Gasteiger partial charge on any atom is -0.478 e. The van der Waals surface area contributed by atoms with Gasteiger partial charge in [-0.2, -0.15) is 5.10 Å². The van der Waals surface area contributed by atoms with Crippen LogP contribution in [0.15, 0.2) is 12.3 Å². The summed E-state index contributed by atoms with van der Waals surface area (Å²) in [5, 5.41) is 13.5. The molecule has 1 aliphatic heterocycles. The van der Waals surface area contributed by atoms with Gasteiger partial charge >= 0.3 is 11.9 Å². The summed E-state index contributed by atoms with van der Waals surface area (Å²) in [4.78, 5) is 36.3. The molecule has 0 spiro atoms. The highest BCUT2D eigenvalue weighted by Crippen LogP contribution is 2.34. The normalized spacial score (nSPS) is 22.7. The van der Waals surface area contributed by atoms with E-state index in [0.717, 1.165) is 19.8 Å². The Kier molecular flexibility index (Phi) is 4.03. The zero-order chi connectivity index (χ0) is 16.6. The maximum Gasteiger partial charge on any atom is 0.348 e. The average Bonchev–Trinajstić information content (AvgIpc) is 3.23. The van der Waals surface area contributed by atoms with E-state index in [0.29, 0.717) is 11.9 Å². The Morgan fingerprint density at radius 2 is 2.22 bits per heavy atom. The molecule has 1 saturated carbocycles. The van der Waals surface area contributed by atoms with E-state index in [4.69, 9.17) is 9.47 Å². The van der Waals surface area contributed by atoms with Crippen LogP contribution in [0, 0.1) is 0 Å². The molecule has 1 saturated heterocycles. The van der Waals surface area contributed by atoms with Crippen LogP contribution in [0.3, 0.4) is 0 Å². The van der Waals surface area contributed by atoms with Crippen molar-refractivity contribution in [3.05, 3.63) is 12.3 Å². The molecule has 0 bridgehead atoms. The standard InChI is InChI=1S/C14H17N3O6/c1-8(18)23-12(14(20)21)11-13(19)16(6-7-22-11)10-4-5-17(15-10)9-2-3-9/h4-5,9,11-12H,2-3,6-7H2,1H3,(H,20,21)/t11-,12?/m1/s1. The number of carboxylic acid groups (broad SMARTS) is 1. The van der Waals surface area contributed by atoms with Gasteiger partial charge < -0.3 is 14.6 Å². The first-order valence-electron chi connectivity index (χ1n) is 7.35. The van der Waals surface area contributed by atoms with Gasteiger partial charge in [0.15, 0.2) is 11.9 Å². The van der Waals surface area contributed by atoms with Crippen LogP contribution in [0.4, 0.5) is 5.82 Å². The third-order valence-corrected chi connectivity index (χ3v) is 3.72. The molecule has 1 aromatic heterocycles. The zero-order valence-corrected chi connectivity index (χ0v) is 12.5. The lowest BCUT2D eigenvalue weighted by Crippen LogP contribution is -2.55. The van der Waals surface area contributed by atoms with Crippen molar-refractivity contribution < 1.29 is 29.0 Å². The first-order valence-corrected chi connectivity index (χ1v) is 7.35. The highest BCUT2D eigenvalue weighted by atomic mass is 16.6. The van der Waals surface area contributed by atoms with E-state index in [1.165, 1.54) is 4.90 Å². The molecule has 2 fully saturated rings. The van der Waals surface area contributed by atoms with E-state index >= 15 is 0 Å². The lowest BCUT2D eigenvalue weighted by atomic mass is 10.1. The number of esters is 1. The SMILES string of the molecule is CC(=O)OC(C(=O)O)[C@H]1OCCN(c2ccn(C3CC3)n2)C1=O. The van der Waals surface area contributed by atoms with Gasteiger partial charge in [0.05, 0.1) is 19.2 Å². The fraction of sp³-hybridized carbons (Fsp3) is 0.571. The average molecular weight is 323 g/mol. The molecule has 2 atom stereocenters. The fourth-order valence-electron chi connectivity index (χ4n) is 2.49. The van der Waals surface area contributed by atoms with Crippen molar-refractivity contribution in [2.75, 3.05) is 18.1 Å². The van der Waals surface area contributed by atoms with Gasteiger partial charge in [-0.3, -0.25) is 19.2 Å². The number of aliphatic carboxylic acids is 1. The first kappa shape index (κ1) is 15.5. The highest BCUT2D eigenvalue weighted by Gasteiger charge is 2.43. The number of nitrogens with zero attached hydrogens (tertiary/aromatic N) is 3. The largest absolute Gasteiger partial charge is 0.478 e. The fourth-order valence-corrected chi connectivity index (χ4v) is 2.49. The summed E-state index contributed by atoms with van der Waals surface area (Å²) >= 11 is 0. The number of rotatable bonds is 5. The van der Waals surface area contributed by atoms with Gasteiger partial charge in [0.25, 0.3) is 5.91 Å². The first-order chi connectivity index (χ1) is 11.0. The number of ether oxygens (including phenoxy) is 2. The highest BCUT2D eigenvalue weighted by molar-refractivity contribution is 5.99. The zero-order valence-electron chi connectivity index (χ0n) is 12.5.